The third-order valence-electron chi connectivity index (χ3n) is 4.88. The average Bonchev–Trinajstić information content (AvgIpc) is 3.16. The van der Waals surface area contributed by atoms with E-state index in [2.05, 4.69) is 31.3 Å². The van der Waals surface area contributed by atoms with Crippen molar-refractivity contribution < 1.29 is 9.47 Å². The fraction of sp³-hybridized carbons (Fsp3) is 0.524. The molecule has 0 saturated carbocycles. The van der Waals surface area contributed by atoms with Gasteiger partial charge in [-0.05, 0) is 20.2 Å². The second-order valence-corrected chi connectivity index (χ2v) is 7.41. The summed E-state index contributed by atoms with van der Waals surface area (Å²) in [5.74, 6) is 1.78. The van der Waals surface area contributed by atoms with Crippen LogP contribution < -0.4 is 10.1 Å². The van der Waals surface area contributed by atoms with Gasteiger partial charge in [-0.1, -0.05) is 18.2 Å². The Bertz CT molecular complexity index is 810. The molecule has 1 aromatic carbocycles. The Morgan fingerprint density at radius 2 is 2.17 bits per heavy atom. The zero-order valence-electron chi connectivity index (χ0n) is 18.2. The van der Waals surface area contributed by atoms with Gasteiger partial charge in [0.25, 0.3) is 0 Å². The van der Waals surface area contributed by atoms with E-state index < -0.39 is 0 Å². The number of aromatic nitrogens is 2. The number of guanidine groups is 1. The number of benzene rings is 1. The molecule has 30 heavy (non-hydrogen) atoms. The Balaban J connectivity index is 0.00000320. The van der Waals surface area contributed by atoms with Crippen molar-refractivity contribution >= 4 is 29.9 Å². The van der Waals surface area contributed by atoms with E-state index >= 15 is 0 Å². The van der Waals surface area contributed by atoms with E-state index in [-0.39, 0.29) is 30.1 Å². The number of morpholine rings is 1. The largest absolute Gasteiger partial charge is 0.492 e. The van der Waals surface area contributed by atoms with Crippen molar-refractivity contribution in [1.29, 1.82) is 0 Å². The molecule has 1 aliphatic heterocycles. The molecular formula is C21H33IN6O2. The molecule has 1 fully saturated rings. The minimum Gasteiger partial charge on any atom is -0.492 e. The number of rotatable bonds is 7. The summed E-state index contributed by atoms with van der Waals surface area (Å²) in [6.45, 7) is 4.40. The topological polar surface area (TPSA) is 67.2 Å². The minimum absolute atomic E-state index is 0. The summed E-state index contributed by atoms with van der Waals surface area (Å²) in [6.07, 6.45) is 3.87. The first-order chi connectivity index (χ1) is 14.1. The van der Waals surface area contributed by atoms with E-state index in [1.165, 1.54) is 0 Å². The number of hydrogen-bond donors (Lipinski definition) is 1. The zero-order valence-corrected chi connectivity index (χ0v) is 20.6. The van der Waals surface area contributed by atoms with Crippen LogP contribution in [0, 0.1) is 0 Å². The molecule has 1 atom stereocenters. The predicted molar refractivity (Wildman–Crippen MR) is 130 cm³/mol. The van der Waals surface area contributed by atoms with Crippen molar-refractivity contribution in [2.75, 3.05) is 54.0 Å². The lowest BCUT2D eigenvalue weighted by Crippen LogP contribution is -2.47. The maximum atomic E-state index is 5.97. The van der Waals surface area contributed by atoms with Crippen LogP contribution in [0.25, 0.3) is 0 Å². The van der Waals surface area contributed by atoms with Crippen LogP contribution in [0.15, 0.2) is 41.7 Å². The fourth-order valence-electron chi connectivity index (χ4n) is 3.29. The number of aliphatic imine (C=N–C) groups is 1. The van der Waals surface area contributed by atoms with Gasteiger partial charge in [0.05, 0.1) is 19.3 Å². The van der Waals surface area contributed by atoms with E-state index in [1.807, 2.05) is 58.8 Å². The van der Waals surface area contributed by atoms with Crippen molar-refractivity contribution in [3.05, 3.63) is 47.8 Å². The summed E-state index contributed by atoms with van der Waals surface area (Å²) in [7, 11) is 7.82. The maximum absolute atomic E-state index is 5.97. The highest BCUT2D eigenvalue weighted by Gasteiger charge is 2.25. The smallest absolute Gasteiger partial charge is 0.194 e. The van der Waals surface area contributed by atoms with E-state index in [1.54, 1.807) is 4.68 Å². The second kappa shape index (κ2) is 12.1. The Morgan fingerprint density at radius 3 is 2.87 bits per heavy atom. The highest BCUT2D eigenvalue weighted by molar-refractivity contribution is 14.0. The number of para-hydroxylation sites is 1. The number of ether oxygens (including phenoxy) is 2. The van der Waals surface area contributed by atoms with E-state index in [9.17, 15) is 0 Å². The van der Waals surface area contributed by atoms with Crippen molar-refractivity contribution in [3.8, 4) is 5.75 Å². The van der Waals surface area contributed by atoms with Crippen molar-refractivity contribution in [2.45, 2.75) is 12.6 Å². The molecule has 0 amide bonds. The summed E-state index contributed by atoms with van der Waals surface area (Å²) in [4.78, 5) is 8.83. The molecule has 0 spiro atoms. The molecule has 3 rings (SSSR count). The number of halogens is 1. The number of likely N-dealkylation sites (N-methyl/N-ethyl adjacent to an activating group) is 1. The molecule has 1 aromatic heterocycles. The van der Waals surface area contributed by atoms with Gasteiger partial charge in [0.2, 0.25) is 0 Å². The summed E-state index contributed by atoms with van der Waals surface area (Å²) >= 11 is 0. The molecule has 1 aliphatic rings. The molecule has 166 valence electrons. The highest BCUT2D eigenvalue weighted by atomic mass is 127. The van der Waals surface area contributed by atoms with Crippen LogP contribution in [0.5, 0.6) is 5.75 Å². The number of aryl methyl sites for hydroxylation is 1. The van der Waals surface area contributed by atoms with Crippen molar-refractivity contribution in [2.24, 2.45) is 12.0 Å². The average molecular weight is 528 g/mol. The molecule has 1 N–H and O–H groups in total. The number of nitrogens with one attached hydrogen (secondary N) is 1. The van der Waals surface area contributed by atoms with Gasteiger partial charge < -0.3 is 24.6 Å². The van der Waals surface area contributed by atoms with Gasteiger partial charge in [-0.3, -0.25) is 9.67 Å². The molecule has 1 unspecified atom stereocenters. The number of nitrogens with zero attached hydrogens (tertiary/aromatic N) is 5. The number of hydrogen-bond acceptors (Lipinski definition) is 5. The van der Waals surface area contributed by atoms with E-state index in [4.69, 9.17) is 9.47 Å². The first-order valence-corrected chi connectivity index (χ1v) is 9.98. The van der Waals surface area contributed by atoms with Gasteiger partial charge in [-0.2, -0.15) is 5.10 Å². The summed E-state index contributed by atoms with van der Waals surface area (Å²) < 4.78 is 13.7. The molecule has 0 bridgehead atoms. The van der Waals surface area contributed by atoms with Gasteiger partial charge in [0.15, 0.2) is 5.96 Å². The summed E-state index contributed by atoms with van der Waals surface area (Å²) in [6, 6.07) is 8.14. The summed E-state index contributed by atoms with van der Waals surface area (Å²) in [5, 5.41) is 7.74. The van der Waals surface area contributed by atoms with Gasteiger partial charge in [-0.25, -0.2) is 0 Å². The second-order valence-electron chi connectivity index (χ2n) is 7.41. The third kappa shape index (κ3) is 6.85. The van der Waals surface area contributed by atoms with Crippen molar-refractivity contribution in [3.63, 3.8) is 0 Å². The Labute approximate surface area is 196 Å². The zero-order chi connectivity index (χ0) is 20.6. The lowest BCUT2D eigenvalue weighted by Gasteiger charge is -2.34. The minimum atomic E-state index is -0.00217. The normalized spacial score (nSPS) is 17.0. The molecule has 8 nitrogen and oxygen atoms in total. The first kappa shape index (κ1) is 24.4. The standard InChI is InChI=1S/C21H32N6O2.HI/c1-22-21(27-10-12-29-20(16-27)18-14-24-26(4)15-18)23-13-17-7-5-6-8-19(17)28-11-9-25(2)3;/h5-8,14-15,20H,9-13,16H2,1-4H3,(H,22,23);1H. The Kier molecular flexibility index (Phi) is 9.86. The van der Waals surface area contributed by atoms with Crippen LogP contribution in [-0.2, 0) is 18.3 Å². The van der Waals surface area contributed by atoms with Crippen LogP contribution in [0.3, 0.4) is 0 Å². The quantitative estimate of drug-likeness (QED) is 0.338. The molecule has 2 aromatic rings. The monoisotopic (exact) mass is 528 g/mol. The van der Waals surface area contributed by atoms with Gasteiger partial charge in [0, 0.05) is 51.1 Å². The Morgan fingerprint density at radius 1 is 1.37 bits per heavy atom. The molecule has 9 heteroatoms. The van der Waals surface area contributed by atoms with E-state index in [0.29, 0.717) is 19.8 Å². The first-order valence-electron chi connectivity index (χ1n) is 9.98. The van der Waals surface area contributed by atoms with Crippen molar-refractivity contribution in [1.82, 2.24) is 24.9 Å². The molecule has 1 saturated heterocycles. The van der Waals surface area contributed by atoms with Gasteiger partial charge in [-0.15, -0.1) is 24.0 Å². The van der Waals surface area contributed by atoms with Gasteiger partial charge >= 0.3 is 0 Å². The molecule has 0 aliphatic carbocycles. The predicted octanol–water partition coefficient (Wildman–Crippen LogP) is 2.13. The lowest BCUT2D eigenvalue weighted by molar-refractivity contribution is -0.00805. The molecular weight excluding hydrogens is 495 g/mol. The van der Waals surface area contributed by atoms with Crippen LogP contribution in [0.2, 0.25) is 0 Å². The Hall–Kier alpha value is -1.85. The lowest BCUT2D eigenvalue weighted by atomic mass is 10.1. The van der Waals surface area contributed by atoms with E-state index in [0.717, 1.165) is 42.5 Å². The van der Waals surface area contributed by atoms with Crippen LogP contribution in [-0.4, -0.2) is 79.5 Å². The van der Waals surface area contributed by atoms with Crippen LogP contribution in [0.1, 0.15) is 17.2 Å². The van der Waals surface area contributed by atoms with Crippen LogP contribution >= 0.6 is 24.0 Å². The SMILES string of the molecule is CN=C(NCc1ccccc1OCCN(C)C)N1CCOC(c2cnn(C)c2)C1.I. The third-order valence-corrected chi connectivity index (χ3v) is 4.88. The molecule has 2 heterocycles. The fourth-order valence-corrected chi connectivity index (χ4v) is 3.29. The van der Waals surface area contributed by atoms with Crippen LogP contribution in [0.4, 0.5) is 0 Å². The molecule has 0 radical (unpaired) electrons. The highest BCUT2D eigenvalue weighted by Crippen LogP contribution is 2.22. The van der Waals surface area contributed by atoms with Gasteiger partial charge in [0.1, 0.15) is 18.5 Å². The maximum Gasteiger partial charge on any atom is 0.194 e. The summed E-state index contributed by atoms with van der Waals surface area (Å²) in [5.41, 5.74) is 2.21.